The zero-order valence-corrected chi connectivity index (χ0v) is 17.9. The molecule has 0 spiro atoms. The van der Waals surface area contributed by atoms with Crippen LogP contribution in [-0.4, -0.2) is 50.9 Å². The SMILES string of the molecule is O=C(NCC1CC=C(CC2CCCC2)S1)[C@H](O)[C@@H](O)C(=O)N1Cc2ccccc2C1. The number of fused-ring (bicyclic) bond motifs is 1. The number of aliphatic hydroxyl groups is 2. The molecule has 30 heavy (non-hydrogen) atoms. The van der Waals surface area contributed by atoms with E-state index < -0.39 is 24.0 Å². The number of hydrogen-bond donors (Lipinski definition) is 3. The Morgan fingerprint density at radius 2 is 1.77 bits per heavy atom. The molecule has 2 heterocycles. The van der Waals surface area contributed by atoms with Gasteiger partial charge in [-0.3, -0.25) is 9.59 Å². The molecule has 6 nitrogen and oxygen atoms in total. The van der Waals surface area contributed by atoms with E-state index in [2.05, 4.69) is 11.4 Å². The van der Waals surface area contributed by atoms with Crippen molar-refractivity contribution in [2.24, 2.45) is 5.92 Å². The van der Waals surface area contributed by atoms with Gasteiger partial charge < -0.3 is 20.4 Å². The number of hydrogen-bond acceptors (Lipinski definition) is 5. The Labute approximate surface area is 181 Å². The summed E-state index contributed by atoms with van der Waals surface area (Å²) in [4.78, 5) is 27.8. The van der Waals surface area contributed by atoms with E-state index in [-0.39, 0.29) is 5.25 Å². The first-order chi connectivity index (χ1) is 14.5. The molecule has 1 fully saturated rings. The number of nitrogens with zero attached hydrogens (tertiary/aromatic N) is 1. The Morgan fingerprint density at radius 3 is 2.43 bits per heavy atom. The monoisotopic (exact) mass is 430 g/mol. The number of allylic oxidation sites excluding steroid dienone is 2. The Morgan fingerprint density at radius 1 is 1.10 bits per heavy atom. The van der Waals surface area contributed by atoms with E-state index >= 15 is 0 Å². The van der Waals surface area contributed by atoms with Gasteiger partial charge in [0, 0.05) is 24.9 Å². The maximum absolute atomic E-state index is 12.6. The summed E-state index contributed by atoms with van der Waals surface area (Å²) in [6, 6.07) is 7.68. The van der Waals surface area contributed by atoms with Crippen LogP contribution in [0.1, 0.15) is 49.7 Å². The van der Waals surface area contributed by atoms with Gasteiger partial charge in [0.25, 0.3) is 11.8 Å². The summed E-state index contributed by atoms with van der Waals surface area (Å²) in [6.07, 6.45) is 6.10. The predicted molar refractivity (Wildman–Crippen MR) is 116 cm³/mol. The van der Waals surface area contributed by atoms with Gasteiger partial charge in [-0.25, -0.2) is 0 Å². The smallest absolute Gasteiger partial charge is 0.255 e. The second kappa shape index (κ2) is 9.54. The zero-order valence-electron chi connectivity index (χ0n) is 17.1. The summed E-state index contributed by atoms with van der Waals surface area (Å²) in [5, 5.41) is 23.4. The molecule has 3 atom stereocenters. The summed E-state index contributed by atoms with van der Waals surface area (Å²) >= 11 is 1.81. The quantitative estimate of drug-likeness (QED) is 0.618. The van der Waals surface area contributed by atoms with Gasteiger partial charge in [-0.2, -0.15) is 0 Å². The van der Waals surface area contributed by atoms with Gasteiger partial charge in [0.05, 0.1) is 0 Å². The number of carbonyl (C=O) groups is 2. The largest absolute Gasteiger partial charge is 0.380 e. The van der Waals surface area contributed by atoms with Crippen molar-refractivity contribution in [2.45, 2.75) is 69.1 Å². The van der Waals surface area contributed by atoms with Crippen LogP contribution in [0.15, 0.2) is 35.2 Å². The summed E-state index contributed by atoms with van der Waals surface area (Å²) in [6.45, 7) is 1.18. The van der Waals surface area contributed by atoms with Crippen LogP contribution in [-0.2, 0) is 22.7 Å². The number of nitrogens with one attached hydrogen (secondary N) is 1. The topological polar surface area (TPSA) is 89.9 Å². The molecule has 7 heteroatoms. The van der Waals surface area contributed by atoms with Crippen molar-refractivity contribution >= 4 is 23.6 Å². The lowest BCUT2D eigenvalue weighted by Crippen LogP contribution is -2.50. The summed E-state index contributed by atoms with van der Waals surface area (Å²) in [5.41, 5.74) is 2.05. The van der Waals surface area contributed by atoms with Crippen LogP contribution < -0.4 is 5.32 Å². The average molecular weight is 431 g/mol. The minimum Gasteiger partial charge on any atom is -0.380 e. The van der Waals surface area contributed by atoms with Crippen molar-refractivity contribution in [3.63, 3.8) is 0 Å². The maximum Gasteiger partial charge on any atom is 0.255 e. The van der Waals surface area contributed by atoms with Crippen LogP contribution in [0.4, 0.5) is 0 Å². The molecule has 2 amide bonds. The van der Waals surface area contributed by atoms with E-state index in [0.717, 1.165) is 29.9 Å². The predicted octanol–water partition coefficient (Wildman–Crippen LogP) is 2.34. The summed E-state index contributed by atoms with van der Waals surface area (Å²) in [7, 11) is 0. The molecule has 1 saturated carbocycles. The van der Waals surface area contributed by atoms with E-state index in [1.807, 2.05) is 24.3 Å². The van der Waals surface area contributed by atoms with Crippen molar-refractivity contribution < 1.29 is 19.8 Å². The third kappa shape index (κ3) is 4.90. The first kappa shape index (κ1) is 21.4. The standard InChI is InChI=1S/C23H30N2O4S/c26-20(21(27)23(29)25-13-16-7-3-4-8-17(16)14-25)22(28)24-12-19-10-9-18(30-19)11-15-5-1-2-6-15/h3-4,7-9,15,19-21,26-27H,1-2,5-6,10-14H2,(H,24,28)/t19?,20-,21-/m1/s1. The summed E-state index contributed by atoms with van der Waals surface area (Å²) < 4.78 is 0. The van der Waals surface area contributed by atoms with Crippen molar-refractivity contribution in [2.75, 3.05) is 6.54 Å². The fourth-order valence-corrected chi connectivity index (χ4v) is 5.91. The lowest BCUT2D eigenvalue weighted by molar-refractivity contribution is -0.153. The number of thioether (sulfide) groups is 1. The number of amides is 2. The second-order valence-corrected chi connectivity index (χ2v) is 10.0. The Bertz CT molecular complexity index is 796. The van der Waals surface area contributed by atoms with E-state index in [4.69, 9.17) is 0 Å². The van der Waals surface area contributed by atoms with Crippen LogP contribution >= 0.6 is 11.8 Å². The van der Waals surface area contributed by atoms with Gasteiger partial charge in [-0.1, -0.05) is 56.0 Å². The van der Waals surface area contributed by atoms with E-state index in [9.17, 15) is 19.8 Å². The van der Waals surface area contributed by atoms with Gasteiger partial charge in [0.2, 0.25) is 0 Å². The molecule has 2 aliphatic heterocycles. The summed E-state index contributed by atoms with van der Waals surface area (Å²) in [5.74, 6) is -0.515. The molecule has 0 radical (unpaired) electrons. The number of benzene rings is 1. The van der Waals surface area contributed by atoms with Crippen molar-refractivity contribution in [3.05, 3.63) is 46.4 Å². The normalized spacial score (nSPS) is 23.2. The highest BCUT2D eigenvalue weighted by molar-refractivity contribution is 8.03. The third-order valence-corrected chi connectivity index (χ3v) is 7.70. The molecule has 1 aliphatic carbocycles. The van der Waals surface area contributed by atoms with E-state index in [1.165, 1.54) is 35.5 Å². The van der Waals surface area contributed by atoms with Crippen molar-refractivity contribution in [1.29, 1.82) is 0 Å². The minimum absolute atomic E-state index is 0.249. The van der Waals surface area contributed by atoms with Crippen molar-refractivity contribution in [1.82, 2.24) is 10.2 Å². The van der Waals surface area contributed by atoms with Crippen molar-refractivity contribution in [3.8, 4) is 0 Å². The van der Waals surface area contributed by atoms with Gasteiger partial charge in [-0.05, 0) is 34.8 Å². The lowest BCUT2D eigenvalue weighted by Gasteiger charge is -2.23. The van der Waals surface area contributed by atoms with Gasteiger partial charge in [-0.15, -0.1) is 11.8 Å². The minimum atomic E-state index is -1.77. The lowest BCUT2D eigenvalue weighted by atomic mass is 10.0. The first-order valence-corrected chi connectivity index (χ1v) is 11.7. The molecule has 1 unspecified atom stereocenters. The Balaban J connectivity index is 1.20. The molecule has 1 aromatic rings. The average Bonchev–Trinajstić information content (AvgIpc) is 3.51. The van der Waals surface area contributed by atoms with Gasteiger partial charge in [0.15, 0.2) is 12.2 Å². The maximum atomic E-state index is 12.6. The third-order valence-electron chi connectivity index (χ3n) is 6.37. The van der Waals surface area contributed by atoms with E-state index in [1.54, 1.807) is 11.8 Å². The molecule has 3 N–H and O–H groups in total. The van der Waals surface area contributed by atoms with Crippen LogP contribution in [0, 0.1) is 5.92 Å². The number of aliphatic hydroxyl groups excluding tert-OH is 2. The highest BCUT2D eigenvalue weighted by Gasteiger charge is 2.35. The Kier molecular flexibility index (Phi) is 6.80. The molecular weight excluding hydrogens is 400 g/mol. The van der Waals surface area contributed by atoms with E-state index in [0.29, 0.717) is 19.6 Å². The molecule has 162 valence electrons. The zero-order chi connectivity index (χ0) is 21.1. The first-order valence-electron chi connectivity index (χ1n) is 10.9. The highest BCUT2D eigenvalue weighted by Crippen LogP contribution is 2.40. The molecular formula is C23H30N2O4S. The molecule has 0 aromatic heterocycles. The number of rotatable bonds is 7. The Hall–Kier alpha value is -1.83. The van der Waals surface area contributed by atoms with Gasteiger partial charge in [0.1, 0.15) is 0 Å². The molecule has 0 saturated heterocycles. The number of carbonyl (C=O) groups excluding carboxylic acids is 2. The molecule has 1 aromatic carbocycles. The fourth-order valence-electron chi connectivity index (χ4n) is 4.60. The molecule has 3 aliphatic rings. The molecule has 4 rings (SSSR count). The highest BCUT2D eigenvalue weighted by atomic mass is 32.2. The van der Waals surface area contributed by atoms with Gasteiger partial charge >= 0.3 is 0 Å². The van der Waals surface area contributed by atoms with Crippen LogP contribution in [0.5, 0.6) is 0 Å². The fraction of sp³-hybridized carbons (Fsp3) is 0.565. The van der Waals surface area contributed by atoms with Crippen LogP contribution in [0.25, 0.3) is 0 Å². The molecule has 0 bridgehead atoms. The second-order valence-electron chi connectivity index (χ2n) is 8.60. The van der Waals surface area contributed by atoms with Crippen LogP contribution in [0.2, 0.25) is 0 Å². The van der Waals surface area contributed by atoms with Crippen LogP contribution in [0.3, 0.4) is 0 Å².